The summed E-state index contributed by atoms with van der Waals surface area (Å²) in [4.78, 5) is 16.2. The van der Waals surface area contributed by atoms with Crippen molar-refractivity contribution in [2.24, 2.45) is 11.5 Å². The van der Waals surface area contributed by atoms with E-state index < -0.39 is 5.91 Å². The van der Waals surface area contributed by atoms with Crippen LogP contribution in [0.5, 0.6) is 0 Å². The number of aryl methyl sites for hydroxylation is 1. The van der Waals surface area contributed by atoms with E-state index in [-0.39, 0.29) is 6.04 Å². The van der Waals surface area contributed by atoms with Gasteiger partial charge in [-0.1, -0.05) is 49.4 Å². The third kappa shape index (κ3) is 3.32. The molecule has 0 aliphatic rings. The number of benzene rings is 2. The Kier molecular flexibility index (Phi) is 4.95. The number of hydrogen-bond donors (Lipinski definition) is 3. The molecule has 1 aromatic heterocycles. The standard InChI is InChI=1S/C20H22N4O/c1-2-13-12-23-19-15(9-6-10-16(19)20(22)25)18(13)24-17(11-21)14-7-4-3-5-8-14/h3-10,12,17H,2,11,21H2,1H3,(H2,22,25)(H,23,24)/t17-/m1/s1. The lowest BCUT2D eigenvalue weighted by atomic mass is 10.0. The van der Waals surface area contributed by atoms with Crippen LogP contribution < -0.4 is 16.8 Å². The Morgan fingerprint density at radius 2 is 1.92 bits per heavy atom. The van der Waals surface area contributed by atoms with E-state index >= 15 is 0 Å². The molecule has 0 spiro atoms. The van der Waals surface area contributed by atoms with Gasteiger partial charge in [0.2, 0.25) is 0 Å². The summed E-state index contributed by atoms with van der Waals surface area (Å²) in [5.74, 6) is -0.480. The van der Waals surface area contributed by atoms with Gasteiger partial charge in [0.1, 0.15) is 0 Å². The number of pyridine rings is 1. The summed E-state index contributed by atoms with van der Waals surface area (Å²) in [6, 6.07) is 15.5. The molecule has 25 heavy (non-hydrogen) atoms. The van der Waals surface area contributed by atoms with E-state index in [2.05, 4.69) is 17.2 Å². The highest BCUT2D eigenvalue weighted by Crippen LogP contribution is 2.31. The van der Waals surface area contributed by atoms with Crippen LogP contribution in [0.1, 0.15) is 34.5 Å². The number of amides is 1. The third-order valence-electron chi connectivity index (χ3n) is 4.38. The molecule has 0 fully saturated rings. The van der Waals surface area contributed by atoms with Gasteiger partial charge in [-0.05, 0) is 23.6 Å². The molecule has 0 aliphatic heterocycles. The van der Waals surface area contributed by atoms with Gasteiger partial charge in [-0.15, -0.1) is 0 Å². The lowest BCUT2D eigenvalue weighted by Crippen LogP contribution is -2.21. The average Bonchev–Trinajstić information content (AvgIpc) is 2.65. The fourth-order valence-electron chi connectivity index (χ4n) is 3.04. The first kappa shape index (κ1) is 16.9. The van der Waals surface area contributed by atoms with Gasteiger partial charge < -0.3 is 16.8 Å². The van der Waals surface area contributed by atoms with Crippen LogP contribution in [0.4, 0.5) is 5.69 Å². The third-order valence-corrected chi connectivity index (χ3v) is 4.38. The number of carbonyl (C=O) groups is 1. The summed E-state index contributed by atoms with van der Waals surface area (Å²) in [6.45, 7) is 2.53. The Balaban J connectivity index is 2.13. The Hall–Kier alpha value is -2.92. The molecule has 3 rings (SSSR count). The van der Waals surface area contributed by atoms with Gasteiger partial charge in [0.05, 0.1) is 17.1 Å². The predicted octanol–water partition coefficient (Wildman–Crippen LogP) is 3.01. The second-order valence-electron chi connectivity index (χ2n) is 5.92. The fourth-order valence-corrected chi connectivity index (χ4v) is 3.04. The molecule has 0 bridgehead atoms. The van der Waals surface area contributed by atoms with Crippen molar-refractivity contribution in [1.29, 1.82) is 0 Å². The molecule has 5 heteroatoms. The molecule has 5 N–H and O–H groups in total. The molecule has 0 saturated carbocycles. The van der Waals surface area contributed by atoms with Gasteiger partial charge >= 0.3 is 0 Å². The van der Waals surface area contributed by atoms with E-state index in [1.165, 1.54) is 0 Å². The number of nitrogens with two attached hydrogens (primary N) is 2. The number of carbonyl (C=O) groups excluding carboxylic acids is 1. The van der Waals surface area contributed by atoms with E-state index in [1.54, 1.807) is 12.3 Å². The van der Waals surface area contributed by atoms with Crippen LogP contribution in [0.3, 0.4) is 0 Å². The van der Waals surface area contributed by atoms with Crippen molar-refractivity contribution in [2.75, 3.05) is 11.9 Å². The number of primary amides is 1. The van der Waals surface area contributed by atoms with Crippen molar-refractivity contribution < 1.29 is 4.79 Å². The minimum absolute atomic E-state index is 0.0330. The molecule has 1 amide bonds. The maximum absolute atomic E-state index is 11.7. The second-order valence-corrected chi connectivity index (χ2v) is 5.92. The highest BCUT2D eigenvalue weighted by molar-refractivity contribution is 6.08. The Morgan fingerprint density at radius 1 is 1.16 bits per heavy atom. The number of anilines is 1. The molecule has 5 nitrogen and oxygen atoms in total. The molecule has 3 aromatic rings. The highest BCUT2D eigenvalue weighted by Gasteiger charge is 2.16. The van der Waals surface area contributed by atoms with Crippen LogP contribution in [-0.2, 0) is 6.42 Å². The van der Waals surface area contributed by atoms with Crippen LogP contribution in [-0.4, -0.2) is 17.4 Å². The van der Waals surface area contributed by atoms with Gasteiger partial charge in [-0.2, -0.15) is 0 Å². The zero-order valence-corrected chi connectivity index (χ0v) is 14.2. The Labute approximate surface area is 147 Å². The van der Waals surface area contributed by atoms with E-state index in [0.717, 1.165) is 28.6 Å². The molecule has 128 valence electrons. The summed E-state index contributed by atoms with van der Waals surface area (Å²) in [5, 5.41) is 4.44. The molecule has 0 saturated heterocycles. The molecular weight excluding hydrogens is 312 g/mol. The molecule has 0 unspecified atom stereocenters. The van der Waals surface area contributed by atoms with E-state index in [0.29, 0.717) is 17.6 Å². The normalized spacial score (nSPS) is 12.1. The summed E-state index contributed by atoms with van der Waals surface area (Å²) in [5.41, 5.74) is 15.7. The number of nitrogens with zero attached hydrogens (tertiary/aromatic N) is 1. The first-order chi connectivity index (χ1) is 12.2. The van der Waals surface area contributed by atoms with Gasteiger partial charge in [-0.3, -0.25) is 9.78 Å². The lowest BCUT2D eigenvalue weighted by Gasteiger charge is -2.22. The monoisotopic (exact) mass is 334 g/mol. The van der Waals surface area contributed by atoms with Crippen molar-refractivity contribution in [3.05, 3.63) is 71.4 Å². The zero-order valence-electron chi connectivity index (χ0n) is 14.2. The molecular formula is C20H22N4O. The van der Waals surface area contributed by atoms with Crippen LogP contribution in [0.15, 0.2) is 54.7 Å². The lowest BCUT2D eigenvalue weighted by molar-refractivity contribution is 0.100. The first-order valence-corrected chi connectivity index (χ1v) is 8.37. The van der Waals surface area contributed by atoms with Crippen LogP contribution >= 0.6 is 0 Å². The van der Waals surface area contributed by atoms with Crippen molar-refractivity contribution >= 4 is 22.5 Å². The summed E-state index contributed by atoms with van der Waals surface area (Å²) >= 11 is 0. The largest absolute Gasteiger partial charge is 0.376 e. The second kappa shape index (κ2) is 7.32. The quantitative estimate of drug-likeness (QED) is 0.646. The number of hydrogen-bond acceptors (Lipinski definition) is 4. The number of aromatic nitrogens is 1. The zero-order chi connectivity index (χ0) is 17.8. The van der Waals surface area contributed by atoms with Gasteiger partial charge in [0.15, 0.2) is 0 Å². The number of para-hydroxylation sites is 1. The molecule has 0 aliphatic carbocycles. The number of fused-ring (bicyclic) bond motifs is 1. The van der Waals surface area contributed by atoms with Crippen molar-refractivity contribution in [3.63, 3.8) is 0 Å². The summed E-state index contributed by atoms with van der Waals surface area (Å²) in [7, 11) is 0. The maximum Gasteiger partial charge on any atom is 0.250 e. The van der Waals surface area contributed by atoms with E-state index in [4.69, 9.17) is 11.5 Å². The molecule has 0 radical (unpaired) electrons. The summed E-state index contributed by atoms with van der Waals surface area (Å²) < 4.78 is 0. The van der Waals surface area contributed by atoms with Gasteiger partial charge in [-0.25, -0.2) is 0 Å². The van der Waals surface area contributed by atoms with Gasteiger partial charge in [0.25, 0.3) is 5.91 Å². The smallest absolute Gasteiger partial charge is 0.250 e. The SMILES string of the molecule is CCc1cnc2c(C(N)=O)cccc2c1N[C@H](CN)c1ccccc1. The van der Waals surface area contributed by atoms with E-state index in [1.807, 2.05) is 42.5 Å². The summed E-state index contributed by atoms with van der Waals surface area (Å²) in [6.07, 6.45) is 2.62. The Morgan fingerprint density at radius 3 is 2.56 bits per heavy atom. The van der Waals surface area contributed by atoms with Crippen LogP contribution in [0.2, 0.25) is 0 Å². The molecule has 1 heterocycles. The predicted molar refractivity (Wildman–Crippen MR) is 101 cm³/mol. The maximum atomic E-state index is 11.7. The van der Waals surface area contributed by atoms with Crippen molar-refractivity contribution in [2.45, 2.75) is 19.4 Å². The van der Waals surface area contributed by atoms with Gasteiger partial charge in [0, 0.05) is 23.8 Å². The number of nitrogens with one attached hydrogen (secondary N) is 1. The van der Waals surface area contributed by atoms with Crippen LogP contribution in [0.25, 0.3) is 10.9 Å². The molecule has 2 aromatic carbocycles. The fraction of sp³-hybridized carbons (Fsp3) is 0.200. The first-order valence-electron chi connectivity index (χ1n) is 8.37. The van der Waals surface area contributed by atoms with Crippen molar-refractivity contribution in [1.82, 2.24) is 4.98 Å². The van der Waals surface area contributed by atoms with E-state index in [9.17, 15) is 4.79 Å². The average molecular weight is 334 g/mol. The van der Waals surface area contributed by atoms with Crippen molar-refractivity contribution in [3.8, 4) is 0 Å². The number of rotatable bonds is 6. The highest BCUT2D eigenvalue weighted by atomic mass is 16.1. The minimum atomic E-state index is -0.480. The minimum Gasteiger partial charge on any atom is -0.376 e. The topological polar surface area (TPSA) is 94.0 Å². The van der Waals surface area contributed by atoms with Crippen LogP contribution in [0, 0.1) is 0 Å². The Bertz CT molecular complexity index is 893. The molecule has 1 atom stereocenters.